The van der Waals surface area contributed by atoms with Crippen LogP contribution in [0, 0.1) is 11.8 Å². The van der Waals surface area contributed by atoms with Crippen molar-refractivity contribution in [2.24, 2.45) is 11.8 Å². The second-order valence-corrected chi connectivity index (χ2v) is 14.0. The Hall–Kier alpha value is -2.42. The van der Waals surface area contributed by atoms with E-state index in [1.807, 2.05) is 33.8 Å². The van der Waals surface area contributed by atoms with Crippen LogP contribution in [0.1, 0.15) is 113 Å². The highest BCUT2D eigenvalue weighted by atomic mass is 16.5. The van der Waals surface area contributed by atoms with Crippen molar-refractivity contribution in [3.63, 3.8) is 0 Å². The highest BCUT2D eigenvalue weighted by molar-refractivity contribution is 5.96. The first-order valence-corrected chi connectivity index (χ1v) is 16.9. The van der Waals surface area contributed by atoms with E-state index in [2.05, 4.69) is 24.1 Å². The molecule has 1 aliphatic carbocycles. The summed E-state index contributed by atoms with van der Waals surface area (Å²) in [6.07, 6.45) is 11.2. The van der Waals surface area contributed by atoms with Crippen LogP contribution in [0.4, 0.5) is 0 Å². The fraction of sp³-hybridized carbons (Fsp3) is 0.824. The van der Waals surface area contributed by atoms with Gasteiger partial charge in [-0.2, -0.15) is 0 Å². The molecule has 2 heterocycles. The molecule has 1 N–H and O–H groups in total. The van der Waals surface area contributed by atoms with E-state index < -0.39 is 12.1 Å². The smallest absolute Gasteiger partial charge is 0.329 e. The molecule has 0 aromatic carbocycles. The van der Waals surface area contributed by atoms with Gasteiger partial charge in [-0.3, -0.25) is 19.3 Å². The number of carbonyl (C=O) groups excluding carboxylic acids is 4. The number of amides is 3. The number of likely N-dealkylation sites (tertiary alicyclic amines) is 2. The number of hydrogen-bond donors (Lipinski definition) is 1. The molecule has 0 radical (unpaired) electrons. The molecular formula is C34H58N4O5. The maximum atomic E-state index is 13.9. The van der Waals surface area contributed by atoms with Gasteiger partial charge in [0.2, 0.25) is 17.7 Å². The van der Waals surface area contributed by atoms with E-state index in [-0.39, 0.29) is 59.8 Å². The van der Waals surface area contributed by atoms with Gasteiger partial charge in [-0.05, 0) is 90.5 Å². The van der Waals surface area contributed by atoms with Gasteiger partial charge in [-0.25, -0.2) is 4.79 Å². The van der Waals surface area contributed by atoms with E-state index in [1.54, 1.807) is 23.8 Å². The summed E-state index contributed by atoms with van der Waals surface area (Å²) in [5, 5.41) is 3.10. The largest absolute Gasteiger partial charge is 0.461 e. The van der Waals surface area contributed by atoms with Crippen LogP contribution in [-0.4, -0.2) is 94.8 Å². The van der Waals surface area contributed by atoms with E-state index in [0.717, 1.165) is 57.9 Å². The Balaban J connectivity index is 1.71. The molecular weight excluding hydrogens is 544 g/mol. The fourth-order valence-electron chi connectivity index (χ4n) is 6.97. The van der Waals surface area contributed by atoms with Gasteiger partial charge >= 0.3 is 5.97 Å². The molecule has 9 nitrogen and oxygen atoms in total. The molecule has 2 aliphatic heterocycles. The predicted octanol–water partition coefficient (Wildman–Crippen LogP) is 4.69. The quantitative estimate of drug-likeness (QED) is 0.272. The third kappa shape index (κ3) is 9.05. The minimum absolute atomic E-state index is 0.0284. The van der Waals surface area contributed by atoms with Crippen molar-refractivity contribution in [1.82, 2.24) is 20.0 Å². The van der Waals surface area contributed by atoms with Gasteiger partial charge in [0.1, 0.15) is 18.2 Å². The van der Waals surface area contributed by atoms with E-state index in [9.17, 15) is 19.2 Å². The van der Waals surface area contributed by atoms with Gasteiger partial charge in [0.25, 0.3) is 0 Å². The lowest BCUT2D eigenvalue weighted by molar-refractivity contribution is -0.158. The highest BCUT2D eigenvalue weighted by Gasteiger charge is 2.39. The lowest BCUT2D eigenvalue weighted by atomic mass is 9.95. The van der Waals surface area contributed by atoms with Crippen molar-refractivity contribution < 1.29 is 23.9 Å². The first-order valence-electron chi connectivity index (χ1n) is 16.9. The Morgan fingerprint density at radius 1 is 0.814 bits per heavy atom. The number of esters is 1. The minimum Gasteiger partial charge on any atom is -0.461 e. The summed E-state index contributed by atoms with van der Waals surface area (Å²) in [6, 6.07) is -1.55. The van der Waals surface area contributed by atoms with Crippen LogP contribution in [0.2, 0.25) is 0 Å². The minimum atomic E-state index is -0.670. The number of nitrogens with zero attached hydrogens (tertiary/aromatic N) is 3. The number of piperidine rings is 1. The molecule has 9 heteroatoms. The van der Waals surface area contributed by atoms with Crippen LogP contribution in [0.5, 0.6) is 0 Å². The molecule has 0 bridgehead atoms. The van der Waals surface area contributed by atoms with E-state index in [0.29, 0.717) is 18.5 Å². The molecule has 43 heavy (non-hydrogen) atoms. The number of ether oxygens (including phenoxy) is 1. The summed E-state index contributed by atoms with van der Waals surface area (Å²) >= 11 is 0. The number of hydrogen-bond acceptors (Lipinski definition) is 6. The Kier molecular flexibility index (Phi) is 13.1. The molecule has 0 aromatic rings. The summed E-state index contributed by atoms with van der Waals surface area (Å²) in [6.45, 7) is 15.3. The van der Waals surface area contributed by atoms with Gasteiger partial charge in [-0.1, -0.05) is 46.6 Å². The van der Waals surface area contributed by atoms with Crippen LogP contribution in [0.3, 0.4) is 0 Å². The van der Waals surface area contributed by atoms with Crippen molar-refractivity contribution in [2.45, 2.75) is 149 Å². The third-order valence-corrected chi connectivity index (χ3v) is 9.60. The summed E-state index contributed by atoms with van der Waals surface area (Å²) < 4.78 is 5.83. The van der Waals surface area contributed by atoms with Crippen molar-refractivity contribution in [1.29, 1.82) is 0 Å². The fourth-order valence-corrected chi connectivity index (χ4v) is 6.97. The molecule has 0 spiro atoms. The second kappa shape index (κ2) is 16.1. The zero-order chi connectivity index (χ0) is 31.8. The second-order valence-electron chi connectivity index (χ2n) is 14.0. The van der Waals surface area contributed by atoms with Crippen molar-refractivity contribution in [2.75, 3.05) is 20.1 Å². The van der Waals surface area contributed by atoms with Crippen molar-refractivity contribution in [3.8, 4) is 0 Å². The Bertz CT molecular complexity index is 1000. The zero-order valence-corrected chi connectivity index (χ0v) is 28.1. The SMILES string of the molecule is C/C(=C\[C@H](C(C)C)N(C)C(=O)[C@@H](NC(=O)C1CCCCN1C(C)C)C(C)C)C(=O)N1CCC[C@H]1C(=O)OC1CCCCC1. The van der Waals surface area contributed by atoms with Crippen LogP contribution in [-0.2, 0) is 23.9 Å². The molecule has 3 fully saturated rings. The molecule has 3 aliphatic rings. The number of likely N-dealkylation sites (N-methyl/N-ethyl adjacent to an activating group) is 1. The average Bonchev–Trinajstić information content (AvgIpc) is 3.47. The van der Waals surface area contributed by atoms with Gasteiger partial charge in [0.15, 0.2) is 0 Å². The molecule has 2 saturated heterocycles. The molecule has 1 saturated carbocycles. The third-order valence-electron chi connectivity index (χ3n) is 9.60. The van der Waals surface area contributed by atoms with E-state index >= 15 is 0 Å². The maximum absolute atomic E-state index is 13.9. The normalized spacial score (nSPS) is 23.9. The molecule has 4 atom stereocenters. The molecule has 3 rings (SSSR count). The van der Waals surface area contributed by atoms with E-state index in [4.69, 9.17) is 4.74 Å². The summed E-state index contributed by atoms with van der Waals surface area (Å²) in [5.74, 6) is -0.801. The number of carbonyl (C=O) groups is 4. The Morgan fingerprint density at radius 3 is 2.05 bits per heavy atom. The Labute approximate surface area is 260 Å². The lowest BCUT2D eigenvalue weighted by Gasteiger charge is -2.39. The number of nitrogens with one attached hydrogen (secondary N) is 1. The maximum Gasteiger partial charge on any atom is 0.329 e. The average molecular weight is 603 g/mol. The van der Waals surface area contributed by atoms with Crippen LogP contribution in [0.15, 0.2) is 11.6 Å². The predicted molar refractivity (Wildman–Crippen MR) is 169 cm³/mol. The lowest BCUT2D eigenvalue weighted by Crippen LogP contribution is -2.58. The summed E-state index contributed by atoms with van der Waals surface area (Å²) in [7, 11) is 1.75. The Morgan fingerprint density at radius 2 is 1.44 bits per heavy atom. The first-order chi connectivity index (χ1) is 20.3. The standard InChI is InChI=1S/C34H58N4O5/c1-22(2)29(21-25(7)32(40)38-20-14-18-28(38)34(42)43-26-15-10-9-11-16-26)36(8)33(41)30(23(3)4)35-31(39)27-17-12-13-19-37(27)24(5)6/h21-24,26-30H,9-20H2,1-8H3,(H,35,39)/b25-21+/t27?,28-,29+,30-/m0/s1. The zero-order valence-electron chi connectivity index (χ0n) is 28.1. The van der Waals surface area contributed by atoms with Crippen LogP contribution >= 0.6 is 0 Å². The highest BCUT2D eigenvalue weighted by Crippen LogP contribution is 2.26. The topological polar surface area (TPSA) is 99.3 Å². The molecule has 1 unspecified atom stereocenters. The first kappa shape index (κ1) is 35.1. The molecule has 3 amide bonds. The van der Waals surface area contributed by atoms with Gasteiger partial charge < -0.3 is 19.9 Å². The monoisotopic (exact) mass is 602 g/mol. The summed E-state index contributed by atoms with van der Waals surface area (Å²) in [4.78, 5) is 59.6. The van der Waals surface area contributed by atoms with Gasteiger partial charge in [0, 0.05) is 25.2 Å². The van der Waals surface area contributed by atoms with Crippen LogP contribution in [0.25, 0.3) is 0 Å². The van der Waals surface area contributed by atoms with Crippen molar-refractivity contribution >= 4 is 23.7 Å². The summed E-state index contributed by atoms with van der Waals surface area (Å²) in [5.41, 5.74) is 0.510. The van der Waals surface area contributed by atoms with Crippen LogP contribution < -0.4 is 5.32 Å². The molecule has 244 valence electrons. The van der Waals surface area contributed by atoms with Crippen molar-refractivity contribution in [3.05, 3.63) is 11.6 Å². The number of rotatable bonds is 11. The van der Waals surface area contributed by atoms with Gasteiger partial charge in [0.05, 0.1) is 12.1 Å². The van der Waals surface area contributed by atoms with E-state index in [1.165, 1.54) is 6.42 Å². The molecule has 0 aromatic heterocycles. The van der Waals surface area contributed by atoms with Gasteiger partial charge in [-0.15, -0.1) is 0 Å².